The molecule has 2 aliphatic rings. The molecule has 4 aromatic rings. The molecule has 10 heteroatoms. The third kappa shape index (κ3) is 3.78. The van der Waals surface area contributed by atoms with E-state index in [-0.39, 0.29) is 11.9 Å². The molecule has 1 N–H and O–H groups in total. The van der Waals surface area contributed by atoms with E-state index in [0.717, 1.165) is 59.5 Å². The Hall–Kier alpha value is -4.23. The molecule has 1 amide bonds. The van der Waals surface area contributed by atoms with Gasteiger partial charge >= 0.3 is 0 Å². The van der Waals surface area contributed by atoms with E-state index in [4.69, 9.17) is 4.98 Å². The number of likely N-dealkylation sites (tertiary alicyclic amines) is 1. The van der Waals surface area contributed by atoms with Gasteiger partial charge in [0.2, 0.25) is 0 Å². The summed E-state index contributed by atoms with van der Waals surface area (Å²) in [6.45, 7) is 2.25. The number of carbonyl (C=O) groups is 1. The maximum absolute atomic E-state index is 12.2. The molecule has 0 aromatic carbocycles. The van der Waals surface area contributed by atoms with Crippen LogP contribution in [-0.2, 0) is 11.8 Å². The van der Waals surface area contributed by atoms with Gasteiger partial charge in [-0.2, -0.15) is 15.5 Å². The molecule has 4 aromatic heterocycles. The molecule has 182 valence electrons. The van der Waals surface area contributed by atoms with E-state index in [1.54, 1.807) is 21.6 Å². The van der Waals surface area contributed by atoms with Gasteiger partial charge in [-0.3, -0.25) is 9.48 Å². The Bertz CT molecular complexity index is 1470. The van der Waals surface area contributed by atoms with Gasteiger partial charge in [0.05, 0.1) is 23.5 Å². The zero-order valence-electron chi connectivity index (χ0n) is 19.9. The standard InChI is InChI=1S/C26H26N8O2/c1-31-15-20(14-29-31)18-10-22(25-19(11-27)13-30-34(25)16-18)17-2-3-24(28-12-17)32-7-4-21(5-8-32)33-9-6-23(35)26(33)36/h2-3,10,12-16,21,23,35H,4-9H2,1H3. The lowest BCUT2D eigenvalue weighted by molar-refractivity contribution is -0.136. The van der Waals surface area contributed by atoms with Crippen molar-refractivity contribution in [2.75, 3.05) is 24.5 Å². The number of hydrogen-bond donors (Lipinski definition) is 1. The lowest BCUT2D eigenvalue weighted by Crippen LogP contribution is -2.46. The summed E-state index contributed by atoms with van der Waals surface area (Å²) >= 11 is 0. The van der Waals surface area contributed by atoms with Crippen LogP contribution in [0.25, 0.3) is 27.8 Å². The SMILES string of the molecule is Cn1cc(-c2cc(-c3ccc(N4CCC(N5CCC(O)C5=O)CC4)nc3)c3c(C#N)cnn3c2)cn1. The second-order valence-corrected chi connectivity index (χ2v) is 9.47. The van der Waals surface area contributed by atoms with Gasteiger partial charge in [0.15, 0.2) is 0 Å². The van der Waals surface area contributed by atoms with Crippen LogP contribution in [0.4, 0.5) is 5.82 Å². The van der Waals surface area contributed by atoms with Crippen LogP contribution in [0.2, 0.25) is 0 Å². The molecule has 1 atom stereocenters. The predicted octanol–water partition coefficient (Wildman–Crippen LogP) is 2.23. The molecule has 2 aliphatic heterocycles. The first-order valence-corrected chi connectivity index (χ1v) is 12.1. The number of hydrogen-bond acceptors (Lipinski definition) is 7. The molecule has 0 saturated carbocycles. The largest absolute Gasteiger partial charge is 0.383 e. The molecule has 1 unspecified atom stereocenters. The monoisotopic (exact) mass is 482 g/mol. The third-order valence-electron chi connectivity index (χ3n) is 7.27. The van der Waals surface area contributed by atoms with Crippen LogP contribution in [0.3, 0.4) is 0 Å². The Morgan fingerprint density at radius 2 is 1.83 bits per heavy atom. The highest BCUT2D eigenvalue weighted by Crippen LogP contribution is 2.33. The summed E-state index contributed by atoms with van der Waals surface area (Å²) in [5.41, 5.74) is 4.96. The number of nitriles is 1. The van der Waals surface area contributed by atoms with E-state index in [0.29, 0.717) is 18.5 Å². The minimum Gasteiger partial charge on any atom is -0.383 e. The Morgan fingerprint density at radius 1 is 1.00 bits per heavy atom. The number of aryl methyl sites for hydroxylation is 1. The van der Waals surface area contributed by atoms with E-state index >= 15 is 0 Å². The molecular formula is C26H26N8O2. The average Bonchev–Trinajstić information content (AvgIpc) is 3.62. The minimum atomic E-state index is -0.835. The predicted molar refractivity (Wildman–Crippen MR) is 133 cm³/mol. The van der Waals surface area contributed by atoms with Crippen molar-refractivity contribution in [3.05, 3.63) is 54.7 Å². The third-order valence-corrected chi connectivity index (χ3v) is 7.27. The van der Waals surface area contributed by atoms with E-state index in [1.165, 1.54) is 0 Å². The van der Waals surface area contributed by atoms with Gasteiger partial charge in [-0.05, 0) is 37.5 Å². The maximum Gasteiger partial charge on any atom is 0.251 e. The molecule has 0 radical (unpaired) electrons. The van der Waals surface area contributed by atoms with Crippen LogP contribution in [0.15, 0.2) is 49.2 Å². The topological polar surface area (TPSA) is 116 Å². The molecule has 6 heterocycles. The molecule has 2 saturated heterocycles. The fourth-order valence-corrected chi connectivity index (χ4v) is 5.34. The Kier molecular flexibility index (Phi) is 5.42. The average molecular weight is 483 g/mol. The van der Waals surface area contributed by atoms with Gasteiger partial charge in [0.1, 0.15) is 18.0 Å². The molecule has 6 rings (SSSR count). The summed E-state index contributed by atoms with van der Waals surface area (Å²) in [6, 6.07) is 8.53. The lowest BCUT2D eigenvalue weighted by atomic mass is 10.0. The van der Waals surface area contributed by atoms with Crippen molar-refractivity contribution in [1.29, 1.82) is 5.26 Å². The number of aliphatic hydroxyl groups excluding tert-OH is 1. The van der Waals surface area contributed by atoms with Gasteiger partial charge in [-0.25, -0.2) is 9.50 Å². The van der Waals surface area contributed by atoms with Gasteiger partial charge in [-0.1, -0.05) is 0 Å². The van der Waals surface area contributed by atoms with Gasteiger partial charge in [-0.15, -0.1) is 0 Å². The van der Waals surface area contributed by atoms with E-state index < -0.39 is 6.10 Å². The summed E-state index contributed by atoms with van der Waals surface area (Å²) in [6.07, 6.45) is 10.5. The highest BCUT2D eigenvalue weighted by molar-refractivity contribution is 5.87. The quantitative estimate of drug-likeness (QED) is 0.474. The number of nitrogens with zero attached hydrogens (tertiary/aromatic N) is 8. The maximum atomic E-state index is 12.2. The Balaban J connectivity index is 1.26. The van der Waals surface area contributed by atoms with Gasteiger partial charge in [0, 0.05) is 73.6 Å². The zero-order valence-corrected chi connectivity index (χ0v) is 19.9. The molecule has 2 fully saturated rings. The summed E-state index contributed by atoms with van der Waals surface area (Å²) in [4.78, 5) is 21.0. The van der Waals surface area contributed by atoms with Crippen molar-refractivity contribution < 1.29 is 9.90 Å². The number of rotatable bonds is 4. The van der Waals surface area contributed by atoms with Crippen LogP contribution in [0, 0.1) is 11.3 Å². The van der Waals surface area contributed by atoms with Crippen molar-refractivity contribution in [3.63, 3.8) is 0 Å². The van der Waals surface area contributed by atoms with E-state index in [9.17, 15) is 15.2 Å². The number of anilines is 1. The number of fused-ring (bicyclic) bond motifs is 1. The minimum absolute atomic E-state index is 0.132. The molecule has 0 spiro atoms. The summed E-state index contributed by atoms with van der Waals surface area (Å²) in [5, 5.41) is 28.1. The highest BCUT2D eigenvalue weighted by Gasteiger charge is 2.36. The smallest absolute Gasteiger partial charge is 0.251 e. The lowest BCUT2D eigenvalue weighted by Gasteiger charge is -2.37. The number of carbonyl (C=O) groups excluding carboxylic acids is 1. The molecule has 10 nitrogen and oxygen atoms in total. The molecule has 0 aliphatic carbocycles. The second kappa shape index (κ2) is 8.77. The number of amides is 1. The second-order valence-electron chi connectivity index (χ2n) is 9.47. The number of pyridine rings is 2. The van der Waals surface area contributed by atoms with Crippen molar-refractivity contribution in [1.82, 2.24) is 29.3 Å². The number of aromatic nitrogens is 5. The van der Waals surface area contributed by atoms with Crippen molar-refractivity contribution in [2.24, 2.45) is 7.05 Å². The van der Waals surface area contributed by atoms with E-state index in [1.807, 2.05) is 42.7 Å². The van der Waals surface area contributed by atoms with Crippen LogP contribution in [0.1, 0.15) is 24.8 Å². The van der Waals surface area contributed by atoms with Crippen molar-refractivity contribution in [2.45, 2.75) is 31.4 Å². The summed E-state index contributed by atoms with van der Waals surface area (Å²) in [5.74, 6) is 0.755. The van der Waals surface area contributed by atoms with E-state index in [2.05, 4.69) is 27.2 Å². The van der Waals surface area contributed by atoms with Crippen LogP contribution >= 0.6 is 0 Å². The van der Waals surface area contributed by atoms with Crippen LogP contribution < -0.4 is 4.90 Å². The van der Waals surface area contributed by atoms with Gasteiger partial charge in [0.25, 0.3) is 5.91 Å². The summed E-state index contributed by atoms with van der Waals surface area (Å²) < 4.78 is 3.50. The number of piperidine rings is 1. The first kappa shape index (κ1) is 22.2. The fraction of sp³-hybridized carbons (Fsp3) is 0.346. The fourth-order valence-electron chi connectivity index (χ4n) is 5.34. The highest BCUT2D eigenvalue weighted by atomic mass is 16.3. The summed E-state index contributed by atoms with van der Waals surface area (Å²) in [7, 11) is 1.88. The number of aliphatic hydroxyl groups is 1. The molecular weight excluding hydrogens is 456 g/mol. The van der Waals surface area contributed by atoms with Crippen LogP contribution in [0.5, 0.6) is 0 Å². The van der Waals surface area contributed by atoms with Crippen LogP contribution in [-0.4, -0.2) is 72.1 Å². The zero-order chi connectivity index (χ0) is 24.8. The van der Waals surface area contributed by atoms with Crippen molar-refractivity contribution >= 4 is 17.2 Å². The normalized spacial score (nSPS) is 18.8. The van der Waals surface area contributed by atoms with Crippen molar-refractivity contribution in [3.8, 4) is 28.3 Å². The molecule has 0 bridgehead atoms. The Morgan fingerprint density at radius 3 is 2.47 bits per heavy atom. The first-order chi connectivity index (χ1) is 17.5. The van der Waals surface area contributed by atoms with Gasteiger partial charge < -0.3 is 14.9 Å². The first-order valence-electron chi connectivity index (χ1n) is 12.1. The molecule has 36 heavy (non-hydrogen) atoms. The Labute approximate surface area is 208 Å².